The lowest BCUT2D eigenvalue weighted by Crippen LogP contribution is -2.14. The molecule has 28 heavy (non-hydrogen) atoms. The van der Waals surface area contributed by atoms with Crippen LogP contribution in [0.2, 0.25) is 0 Å². The van der Waals surface area contributed by atoms with Crippen molar-refractivity contribution in [3.63, 3.8) is 0 Å². The number of hydrogen-bond acceptors (Lipinski definition) is 2. The summed E-state index contributed by atoms with van der Waals surface area (Å²) in [5.74, 6) is -0.816. The molecule has 0 amide bonds. The molecule has 4 heteroatoms. The predicted octanol–water partition coefficient (Wildman–Crippen LogP) is 5.89. The van der Waals surface area contributed by atoms with Gasteiger partial charge in [0.15, 0.2) is 0 Å². The number of aromatic nitrogens is 1. The molecule has 0 radical (unpaired) electrons. The average molecular weight is 375 g/mol. The molecule has 0 unspecified atom stereocenters. The molecule has 0 saturated heterocycles. The van der Waals surface area contributed by atoms with E-state index in [1.165, 1.54) is 55.4 Å². The number of nitrogens with zero attached hydrogens (tertiary/aromatic N) is 1. The largest absolute Gasteiger partial charge is 0.478 e. The SMILES string of the molecule is O=C(O)c1c2c(nc3ccc(F)cc13)-c1ccc(C3CCCCC3)cc1CC2. The molecule has 1 aromatic heterocycles. The van der Waals surface area contributed by atoms with Crippen LogP contribution in [0.5, 0.6) is 0 Å². The molecule has 2 aromatic carbocycles. The molecule has 3 aromatic rings. The molecule has 3 nitrogen and oxygen atoms in total. The van der Waals surface area contributed by atoms with Crippen molar-refractivity contribution in [2.45, 2.75) is 50.9 Å². The number of carbonyl (C=O) groups is 1. The van der Waals surface area contributed by atoms with E-state index in [2.05, 4.69) is 18.2 Å². The fourth-order valence-corrected chi connectivity index (χ4v) is 4.99. The van der Waals surface area contributed by atoms with Gasteiger partial charge in [0.25, 0.3) is 0 Å². The molecule has 142 valence electrons. The van der Waals surface area contributed by atoms with E-state index in [0.29, 0.717) is 23.2 Å². The maximum absolute atomic E-state index is 13.8. The second-order valence-corrected chi connectivity index (χ2v) is 8.03. The van der Waals surface area contributed by atoms with Crippen molar-refractivity contribution >= 4 is 16.9 Å². The van der Waals surface area contributed by atoms with Crippen LogP contribution >= 0.6 is 0 Å². The monoisotopic (exact) mass is 375 g/mol. The zero-order valence-corrected chi connectivity index (χ0v) is 15.7. The second-order valence-electron chi connectivity index (χ2n) is 8.03. The number of hydrogen-bond donors (Lipinski definition) is 1. The fourth-order valence-electron chi connectivity index (χ4n) is 4.99. The van der Waals surface area contributed by atoms with E-state index < -0.39 is 11.8 Å². The standard InChI is InChI=1S/C24H22FNO2/c25-17-8-11-21-20(13-17)22(24(27)28)19-10-7-16-12-15(14-4-2-1-3-5-14)6-9-18(16)23(19)26-21/h6,8-9,11-14H,1-5,7,10H2,(H,27,28). The van der Waals surface area contributed by atoms with E-state index in [-0.39, 0.29) is 5.56 Å². The molecular formula is C24H22FNO2. The van der Waals surface area contributed by atoms with Crippen LogP contribution in [0, 0.1) is 5.82 Å². The molecule has 1 fully saturated rings. The topological polar surface area (TPSA) is 50.2 Å². The van der Waals surface area contributed by atoms with Gasteiger partial charge in [-0.25, -0.2) is 14.2 Å². The Morgan fingerprint density at radius 2 is 1.86 bits per heavy atom. The Morgan fingerprint density at radius 1 is 1.04 bits per heavy atom. The Labute approximate surface area is 163 Å². The maximum Gasteiger partial charge on any atom is 0.336 e. The molecule has 0 atom stereocenters. The third kappa shape index (κ3) is 2.79. The molecule has 0 bridgehead atoms. The Kier molecular flexibility index (Phi) is 4.15. The molecule has 1 N–H and O–H groups in total. The van der Waals surface area contributed by atoms with E-state index in [0.717, 1.165) is 23.2 Å². The Balaban J connectivity index is 1.67. The van der Waals surface area contributed by atoms with Crippen LogP contribution < -0.4 is 0 Å². The van der Waals surface area contributed by atoms with Crippen LogP contribution in [-0.2, 0) is 12.8 Å². The lowest BCUT2D eigenvalue weighted by Gasteiger charge is -2.26. The number of benzene rings is 2. The molecule has 1 saturated carbocycles. The summed E-state index contributed by atoms with van der Waals surface area (Å²) in [6, 6.07) is 10.8. The zero-order valence-electron chi connectivity index (χ0n) is 15.7. The minimum atomic E-state index is -1.02. The summed E-state index contributed by atoms with van der Waals surface area (Å²) in [7, 11) is 0. The van der Waals surface area contributed by atoms with E-state index in [9.17, 15) is 14.3 Å². The van der Waals surface area contributed by atoms with Gasteiger partial charge in [0, 0.05) is 10.9 Å². The lowest BCUT2D eigenvalue weighted by atomic mass is 9.80. The highest BCUT2D eigenvalue weighted by Crippen LogP contribution is 2.40. The number of aromatic carboxylic acids is 1. The smallest absolute Gasteiger partial charge is 0.336 e. The summed E-state index contributed by atoms with van der Waals surface area (Å²) in [6.45, 7) is 0. The predicted molar refractivity (Wildman–Crippen MR) is 107 cm³/mol. The molecule has 2 aliphatic rings. The molecule has 5 rings (SSSR count). The van der Waals surface area contributed by atoms with Gasteiger partial charge >= 0.3 is 5.97 Å². The van der Waals surface area contributed by atoms with Crippen LogP contribution in [0.1, 0.15) is 65.1 Å². The number of halogens is 1. The van der Waals surface area contributed by atoms with Gasteiger partial charge in [-0.15, -0.1) is 0 Å². The summed E-state index contributed by atoms with van der Waals surface area (Å²) in [5.41, 5.74) is 5.87. The van der Waals surface area contributed by atoms with Gasteiger partial charge in [-0.1, -0.05) is 37.5 Å². The summed E-state index contributed by atoms with van der Waals surface area (Å²) in [6.07, 6.45) is 7.88. The number of rotatable bonds is 2. The van der Waals surface area contributed by atoms with E-state index >= 15 is 0 Å². The van der Waals surface area contributed by atoms with Crippen LogP contribution in [0.25, 0.3) is 22.2 Å². The first kappa shape index (κ1) is 17.4. The van der Waals surface area contributed by atoms with Gasteiger partial charge in [-0.2, -0.15) is 0 Å². The molecule has 2 aliphatic carbocycles. The average Bonchev–Trinajstić information content (AvgIpc) is 2.72. The van der Waals surface area contributed by atoms with Crippen molar-refractivity contribution in [1.82, 2.24) is 4.98 Å². The third-order valence-corrected chi connectivity index (χ3v) is 6.37. The van der Waals surface area contributed by atoms with Crippen molar-refractivity contribution in [1.29, 1.82) is 0 Å². The Morgan fingerprint density at radius 3 is 2.64 bits per heavy atom. The van der Waals surface area contributed by atoms with Crippen molar-refractivity contribution in [3.05, 3.63) is 64.5 Å². The van der Waals surface area contributed by atoms with Gasteiger partial charge in [0.05, 0.1) is 16.8 Å². The number of carboxylic acids is 1. The minimum absolute atomic E-state index is 0.196. The third-order valence-electron chi connectivity index (χ3n) is 6.37. The van der Waals surface area contributed by atoms with Crippen molar-refractivity contribution in [2.75, 3.05) is 0 Å². The molecule has 0 spiro atoms. The van der Waals surface area contributed by atoms with Crippen LogP contribution in [0.15, 0.2) is 36.4 Å². The fraction of sp³-hybridized carbons (Fsp3) is 0.333. The first-order chi connectivity index (χ1) is 13.6. The Bertz CT molecular complexity index is 1100. The lowest BCUT2D eigenvalue weighted by molar-refractivity contribution is 0.0698. The number of aryl methyl sites for hydroxylation is 1. The first-order valence-corrected chi connectivity index (χ1v) is 10.1. The van der Waals surface area contributed by atoms with Gasteiger partial charge in [-0.05, 0) is 66.5 Å². The molecule has 0 aliphatic heterocycles. The van der Waals surface area contributed by atoms with E-state index in [4.69, 9.17) is 4.98 Å². The first-order valence-electron chi connectivity index (χ1n) is 10.1. The van der Waals surface area contributed by atoms with Gasteiger partial charge in [-0.3, -0.25) is 0 Å². The van der Waals surface area contributed by atoms with Gasteiger partial charge in [0.1, 0.15) is 5.82 Å². The quantitative estimate of drug-likeness (QED) is 0.608. The highest BCUT2D eigenvalue weighted by Gasteiger charge is 2.27. The number of fused-ring (bicyclic) bond motifs is 4. The summed E-state index contributed by atoms with van der Waals surface area (Å²) < 4.78 is 13.8. The molecule has 1 heterocycles. The van der Waals surface area contributed by atoms with E-state index in [1.54, 1.807) is 6.07 Å². The maximum atomic E-state index is 13.8. The zero-order chi connectivity index (χ0) is 19.3. The van der Waals surface area contributed by atoms with Crippen LogP contribution in [0.3, 0.4) is 0 Å². The van der Waals surface area contributed by atoms with Crippen molar-refractivity contribution in [2.24, 2.45) is 0 Å². The Hall–Kier alpha value is -2.75. The van der Waals surface area contributed by atoms with Crippen LogP contribution in [-0.4, -0.2) is 16.1 Å². The number of carboxylic acid groups (broad SMARTS) is 1. The van der Waals surface area contributed by atoms with Gasteiger partial charge in [0.2, 0.25) is 0 Å². The van der Waals surface area contributed by atoms with Crippen molar-refractivity contribution < 1.29 is 14.3 Å². The second kappa shape index (κ2) is 6.69. The summed E-state index contributed by atoms with van der Waals surface area (Å²) in [5, 5.41) is 10.2. The van der Waals surface area contributed by atoms with Gasteiger partial charge < -0.3 is 5.11 Å². The minimum Gasteiger partial charge on any atom is -0.478 e. The highest BCUT2D eigenvalue weighted by atomic mass is 19.1. The van der Waals surface area contributed by atoms with Crippen molar-refractivity contribution in [3.8, 4) is 11.3 Å². The summed E-state index contributed by atoms with van der Waals surface area (Å²) >= 11 is 0. The number of pyridine rings is 1. The normalized spacial score (nSPS) is 16.6. The van der Waals surface area contributed by atoms with Crippen LogP contribution in [0.4, 0.5) is 4.39 Å². The highest BCUT2D eigenvalue weighted by molar-refractivity contribution is 6.06. The van der Waals surface area contributed by atoms with E-state index in [1.807, 2.05) is 0 Å². The summed E-state index contributed by atoms with van der Waals surface area (Å²) in [4.78, 5) is 16.8. The molecular weight excluding hydrogens is 353 g/mol.